The first-order chi connectivity index (χ1) is 11.4. The highest BCUT2D eigenvalue weighted by Gasteiger charge is 2.24. The number of aliphatic hydroxyl groups is 1. The second-order valence-electron chi connectivity index (χ2n) is 6.89. The molecule has 0 saturated carbocycles. The lowest BCUT2D eigenvalue weighted by Gasteiger charge is -2.27. The molecule has 136 valence electrons. The molecule has 4 heteroatoms. The van der Waals surface area contributed by atoms with Crippen molar-refractivity contribution in [2.45, 2.75) is 77.2 Å². The Labute approximate surface area is 146 Å². The second kappa shape index (κ2) is 10.3. The van der Waals surface area contributed by atoms with Crippen molar-refractivity contribution in [1.29, 1.82) is 0 Å². The highest BCUT2D eigenvalue weighted by atomic mass is 16.4. The SMILES string of the molecule is CCCC(O)(CCC)CCc1cccc(C(C)CCNC(=O)O)c1. The van der Waals surface area contributed by atoms with Crippen LogP contribution in [0.25, 0.3) is 0 Å². The van der Waals surface area contributed by atoms with Gasteiger partial charge in [0.1, 0.15) is 0 Å². The molecule has 1 rings (SSSR count). The van der Waals surface area contributed by atoms with Crippen molar-refractivity contribution < 1.29 is 15.0 Å². The second-order valence-corrected chi connectivity index (χ2v) is 6.89. The maximum Gasteiger partial charge on any atom is 0.404 e. The largest absolute Gasteiger partial charge is 0.465 e. The molecule has 0 aliphatic heterocycles. The van der Waals surface area contributed by atoms with Gasteiger partial charge in [-0.25, -0.2) is 4.79 Å². The molecule has 0 fully saturated rings. The van der Waals surface area contributed by atoms with E-state index >= 15 is 0 Å². The van der Waals surface area contributed by atoms with Crippen LogP contribution in [0, 0.1) is 0 Å². The van der Waals surface area contributed by atoms with Crippen LogP contribution >= 0.6 is 0 Å². The third-order valence-electron chi connectivity index (χ3n) is 4.68. The summed E-state index contributed by atoms with van der Waals surface area (Å²) in [7, 11) is 0. The molecule has 1 atom stereocenters. The molecule has 3 N–H and O–H groups in total. The van der Waals surface area contributed by atoms with Crippen molar-refractivity contribution in [3.05, 3.63) is 35.4 Å². The van der Waals surface area contributed by atoms with Crippen molar-refractivity contribution in [3.63, 3.8) is 0 Å². The summed E-state index contributed by atoms with van der Waals surface area (Å²) in [6.07, 6.45) is 5.22. The van der Waals surface area contributed by atoms with Gasteiger partial charge in [-0.2, -0.15) is 0 Å². The van der Waals surface area contributed by atoms with Crippen molar-refractivity contribution >= 4 is 6.09 Å². The quantitative estimate of drug-likeness (QED) is 0.548. The lowest BCUT2D eigenvalue weighted by molar-refractivity contribution is 0.0132. The summed E-state index contributed by atoms with van der Waals surface area (Å²) in [6.45, 7) is 6.82. The lowest BCUT2D eigenvalue weighted by atomic mass is 9.86. The summed E-state index contributed by atoms with van der Waals surface area (Å²) in [6, 6.07) is 8.47. The molecule has 24 heavy (non-hydrogen) atoms. The topological polar surface area (TPSA) is 69.6 Å². The molecule has 1 aromatic carbocycles. The van der Waals surface area contributed by atoms with Gasteiger partial charge in [-0.05, 0) is 49.1 Å². The van der Waals surface area contributed by atoms with Crippen LogP contribution in [-0.4, -0.2) is 28.5 Å². The monoisotopic (exact) mass is 335 g/mol. The van der Waals surface area contributed by atoms with Crippen LogP contribution < -0.4 is 5.32 Å². The third-order valence-corrected chi connectivity index (χ3v) is 4.68. The standard InChI is InChI=1S/C20H33NO3/c1-4-11-20(24,12-5-2)13-9-17-7-6-8-18(15-17)16(3)10-14-21-19(22)23/h6-8,15-16,21,24H,4-5,9-14H2,1-3H3,(H,22,23). The molecule has 0 bridgehead atoms. The van der Waals surface area contributed by atoms with E-state index in [2.05, 4.69) is 50.4 Å². The van der Waals surface area contributed by atoms with Gasteiger partial charge in [-0.1, -0.05) is 57.9 Å². The van der Waals surface area contributed by atoms with E-state index in [1.54, 1.807) is 0 Å². The molecule has 1 unspecified atom stereocenters. The van der Waals surface area contributed by atoms with Gasteiger partial charge < -0.3 is 15.5 Å². The van der Waals surface area contributed by atoms with Gasteiger partial charge in [0.2, 0.25) is 0 Å². The van der Waals surface area contributed by atoms with E-state index in [0.717, 1.165) is 44.9 Å². The number of carbonyl (C=O) groups is 1. The molecule has 0 radical (unpaired) electrons. The van der Waals surface area contributed by atoms with E-state index in [9.17, 15) is 9.90 Å². The van der Waals surface area contributed by atoms with Crippen molar-refractivity contribution in [1.82, 2.24) is 5.32 Å². The zero-order valence-electron chi connectivity index (χ0n) is 15.3. The minimum atomic E-state index is -0.970. The van der Waals surface area contributed by atoms with Crippen LogP contribution in [0.1, 0.15) is 76.3 Å². The van der Waals surface area contributed by atoms with Crippen LogP contribution in [0.4, 0.5) is 4.79 Å². The molecule has 0 spiro atoms. The van der Waals surface area contributed by atoms with E-state index in [1.807, 2.05) is 0 Å². The molecular formula is C20H33NO3. The predicted octanol–water partition coefficient (Wildman–Crippen LogP) is 4.71. The maximum absolute atomic E-state index is 10.8. The van der Waals surface area contributed by atoms with Gasteiger partial charge >= 0.3 is 6.09 Å². The molecule has 1 aromatic rings. The summed E-state index contributed by atoms with van der Waals surface area (Å²) < 4.78 is 0. The average Bonchev–Trinajstić information content (AvgIpc) is 2.53. The van der Waals surface area contributed by atoms with Gasteiger partial charge in [0.25, 0.3) is 0 Å². The third kappa shape index (κ3) is 7.35. The fourth-order valence-electron chi connectivity index (χ4n) is 3.30. The minimum Gasteiger partial charge on any atom is -0.465 e. The van der Waals surface area contributed by atoms with E-state index in [4.69, 9.17) is 5.11 Å². The maximum atomic E-state index is 10.8. The minimum absolute atomic E-state index is 0.307. The Morgan fingerprint density at radius 2 is 1.88 bits per heavy atom. The molecule has 1 amide bonds. The van der Waals surface area contributed by atoms with E-state index in [1.165, 1.54) is 11.1 Å². The number of hydrogen-bond acceptors (Lipinski definition) is 2. The summed E-state index contributed by atoms with van der Waals surface area (Å²) >= 11 is 0. The molecule has 4 nitrogen and oxygen atoms in total. The number of carboxylic acid groups (broad SMARTS) is 1. The van der Waals surface area contributed by atoms with E-state index in [-0.39, 0.29) is 0 Å². The number of aryl methyl sites for hydroxylation is 1. The molecule has 0 aliphatic rings. The molecule has 0 heterocycles. The highest BCUT2D eigenvalue weighted by Crippen LogP contribution is 2.26. The Morgan fingerprint density at radius 3 is 2.46 bits per heavy atom. The molecule has 0 aliphatic carbocycles. The number of amides is 1. The zero-order chi connectivity index (χ0) is 18.0. The molecule has 0 aromatic heterocycles. The smallest absolute Gasteiger partial charge is 0.404 e. The van der Waals surface area contributed by atoms with Gasteiger partial charge in [0, 0.05) is 6.54 Å². The highest BCUT2D eigenvalue weighted by molar-refractivity contribution is 5.64. The Balaban J connectivity index is 2.62. The fraction of sp³-hybridized carbons (Fsp3) is 0.650. The van der Waals surface area contributed by atoms with Gasteiger partial charge in [0.15, 0.2) is 0 Å². The number of rotatable bonds is 11. The lowest BCUT2D eigenvalue weighted by Crippen LogP contribution is -2.28. The van der Waals surface area contributed by atoms with Crippen molar-refractivity contribution in [2.24, 2.45) is 0 Å². The number of hydrogen-bond donors (Lipinski definition) is 3. The van der Waals surface area contributed by atoms with Gasteiger partial charge in [-0.3, -0.25) is 0 Å². The van der Waals surface area contributed by atoms with Crippen LogP contribution in [0.2, 0.25) is 0 Å². The molecule has 0 saturated heterocycles. The van der Waals surface area contributed by atoms with Crippen LogP contribution in [0.5, 0.6) is 0 Å². The summed E-state index contributed by atoms with van der Waals surface area (Å²) in [5.74, 6) is 0.307. The first-order valence-electron chi connectivity index (χ1n) is 9.18. The van der Waals surface area contributed by atoms with Crippen LogP contribution in [0.3, 0.4) is 0 Å². The Bertz CT molecular complexity index is 495. The number of benzene rings is 1. The summed E-state index contributed by atoms with van der Waals surface area (Å²) in [5, 5.41) is 21.8. The Morgan fingerprint density at radius 1 is 1.21 bits per heavy atom. The van der Waals surface area contributed by atoms with Crippen molar-refractivity contribution in [3.8, 4) is 0 Å². The fourth-order valence-corrected chi connectivity index (χ4v) is 3.30. The van der Waals surface area contributed by atoms with Crippen molar-refractivity contribution in [2.75, 3.05) is 6.54 Å². The zero-order valence-corrected chi connectivity index (χ0v) is 15.3. The first-order valence-corrected chi connectivity index (χ1v) is 9.18. The first kappa shape index (κ1) is 20.5. The molecular weight excluding hydrogens is 302 g/mol. The summed E-state index contributed by atoms with van der Waals surface area (Å²) in [5.41, 5.74) is 1.93. The van der Waals surface area contributed by atoms with Crippen LogP contribution in [-0.2, 0) is 6.42 Å². The number of nitrogens with one attached hydrogen (secondary N) is 1. The van der Waals surface area contributed by atoms with E-state index < -0.39 is 11.7 Å². The Kier molecular flexibility index (Phi) is 8.83. The normalized spacial score (nSPS) is 12.8. The van der Waals surface area contributed by atoms with E-state index in [0.29, 0.717) is 12.5 Å². The van der Waals surface area contributed by atoms with Crippen LogP contribution in [0.15, 0.2) is 24.3 Å². The van der Waals surface area contributed by atoms with Gasteiger partial charge in [0.05, 0.1) is 5.60 Å². The average molecular weight is 335 g/mol. The summed E-state index contributed by atoms with van der Waals surface area (Å²) in [4.78, 5) is 10.5. The Hall–Kier alpha value is -1.55. The predicted molar refractivity (Wildman–Crippen MR) is 98.6 cm³/mol. The van der Waals surface area contributed by atoms with Gasteiger partial charge in [-0.15, -0.1) is 0 Å².